The Morgan fingerprint density at radius 1 is 1.37 bits per heavy atom. The van der Waals surface area contributed by atoms with Crippen molar-refractivity contribution in [3.63, 3.8) is 0 Å². The smallest absolute Gasteiger partial charge is 0.125 e. The molecular formula is C16H21NO2. The number of ether oxygens (including phenoxy) is 2. The third kappa shape index (κ3) is 3.71. The first-order valence-electron chi connectivity index (χ1n) is 6.96. The normalized spacial score (nSPS) is 18.3. The van der Waals surface area contributed by atoms with E-state index in [0.717, 1.165) is 36.3 Å². The third-order valence-corrected chi connectivity index (χ3v) is 3.53. The number of rotatable bonds is 5. The maximum atomic E-state index is 8.91. The quantitative estimate of drug-likeness (QED) is 0.760. The number of nitrogens with zero attached hydrogens (tertiary/aromatic N) is 1. The van der Waals surface area contributed by atoms with Gasteiger partial charge in [-0.05, 0) is 62.8 Å². The second kappa shape index (κ2) is 6.58. The summed E-state index contributed by atoms with van der Waals surface area (Å²) in [6.45, 7) is 5.61. The molecule has 102 valence electrons. The number of aryl methyl sites for hydroxylation is 2. The highest BCUT2D eigenvalue weighted by atomic mass is 16.5. The minimum absolute atomic E-state index is 0.437. The third-order valence-electron chi connectivity index (χ3n) is 3.53. The molecule has 0 radical (unpaired) electrons. The maximum absolute atomic E-state index is 8.91. The molecular weight excluding hydrogens is 238 g/mol. The molecule has 19 heavy (non-hydrogen) atoms. The summed E-state index contributed by atoms with van der Waals surface area (Å²) in [6, 6.07) is 5.92. The van der Waals surface area contributed by atoms with Crippen LogP contribution in [-0.2, 0) is 4.74 Å². The Bertz CT molecular complexity index is 447. The van der Waals surface area contributed by atoms with Gasteiger partial charge in [-0.1, -0.05) is 0 Å². The average Bonchev–Trinajstić information content (AvgIpc) is 2.89. The highest BCUT2D eigenvalue weighted by Gasteiger charge is 2.15. The second-order valence-corrected chi connectivity index (χ2v) is 5.18. The van der Waals surface area contributed by atoms with Gasteiger partial charge in [0.1, 0.15) is 5.75 Å². The summed E-state index contributed by atoms with van der Waals surface area (Å²) in [7, 11) is 0. The van der Waals surface area contributed by atoms with Crippen LogP contribution in [0.1, 0.15) is 42.4 Å². The molecule has 1 aromatic carbocycles. The van der Waals surface area contributed by atoms with Crippen LogP contribution in [0.25, 0.3) is 0 Å². The molecule has 1 aromatic rings. The van der Waals surface area contributed by atoms with Gasteiger partial charge >= 0.3 is 0 Å². The molecule has 1 heterocycles. The van der Waals surface area contributed by atoms with Gasteiger partial charge in [-0.15, -0.1) is 0 Å². The van der Waals surface area contributed by atoms with Crippen LogP contribution in [0.2, 0.25) is 0 Å². The van der Waals surface area contributed by atoms with Gasteiger partial charge in [0.25, 0.3) is 0 Å². The van der Waals surface area contributed by atoms with E-state index in [-0.39, 0.29) is 0 Å². The lowest BCUT2D eigenvalue weighted by molar-refractivity contribution is 0.0980. The Balaban J connectivity index is 1.84. The lowest BCUT2D eigenvalue weighted by Crippen LogP contribution is -2.08. The molecule has 1 aliphatic rings. The molecule has 1 atom stereocenters. The van der Waals surface area contributed by atoms with E-state index in [1.165, 1.54) is 12.8 Å². The van der Waals surface area contributed by atoms with Crippen LogP contribution < -0.4 is 4.74 Å². The van der Waals surface area contributed by atoms with Gasteiger partial charge < -0.3 is 9.47 Å². The van der Waals surface area contributed by atoms with Crippen molar-refractivity contribution in [1.82, 2.24) is 0 Å². The van der Waals surface area contributed by atoms with Crippen molar-refractivity contribution in [2.75, 3.05) is 13.2 Å². The Kier molecular flexibility index (Phi) is 4.81. The van der Waals surface area contributed by atoms with Crippen LogP contribution in [0.5, 0.6) is 5.75 Å². The van der Waals surface area contributed by atoms with Crippen molar-refractivity contribution in [3.8, 4) is 11.8 Å². The van der Waals surface area contributed by atoms with Crippen molar-refractivity contribution in [2.45, 2.75) is 45.6 Å². The maximum Gasteiger partial charge on any atom is 0.125 e. The summed E-state index contributed by atoms with van der Waals surface area (Å²) < 4.78 is 11.5. The zero-order chi connectivity index (χ0) is 13.7. The Hall–Kier alpha value is -1.53. The van der Waals surface area contributed by atoms with Gasteiger partial charge in [0.15, 0.2) is 0 Å². The topological polar surface area (TPSA) is 42.2 Å². The van der Waals surface area contributed by atoms with Gasteiger partial charge in [-0.25, -0.2) is 0 Å². The highest BCUT2D eigenvalue weighted by Crippen LogP contribution is 2.25. The summed E-state index contributed by atoms with van der Waals surface area (Å²) in [5, 5.41) is 8.91. The molecule has 0 bridgehead atoms. The van der Waals surface area contributed by atoms with Gasteiger partial charge in [0.05, 0.1) is 24.3 Å². The van der Waals surface area contributed by atoms with E-state index in [1.807, 2.05) is 26.0 Å². The first kappa shape index (κ1) is 13.9. The van der Waals surface area contributed by atoms with Crippen molar-refractivity contribution < 1.29 is 9.47 Å². The first-order valence-corrected chi connectivity index (χ1v) is 6.96. The summed E-state index contributed by atoms with van der Waals surface area (Å²) in [6.07, 6.45) is 4.92. The van der Waals surface area contributed by atoms with Crippen LogP contribution in [0, 0.1) is 25.2 Å². The van der Waals surface area contributed by atoms with E-state index in [2.05, 4.69) is 6.07 Å². The van der Waals surface area contributed by atoms with Gasteiger partial charge in [-0.3, -0.25) is 0 Å². The Morgan fingerprint density at radius 3 is 2.68 bits per heavy atom. The van der Waals surface area contributed by atoms with E-state index in [4.69, 9.17) is 14.7 Å². The van der Waals surface area contributed by atoms with Gasteiger partial charge in [0, 0.05) is 6.61 Å². The monoisotopic (exact) mass is 259 g/mol. The summed E-state index contributed by atoms with van der Waals surface area (Å²) >= 11 is 0. The fourth-order valence-corrected chi connectivity index (χ4v) is 2.60. The van der Waals surface area contributed by atoms with E-state index in [9.17, 15) is 0 Å². The molecule has 2 rings (SSSR count). The Labute approximate surface area is 115 Å². The average molecular weight is 259 g/mol. The van der Waals surface area contributed by atoms with Crippen molar-refractivity contribution in [3.05, 3.63) is 28.8 Å². The molecule has 1 fully saturated rings. The predicted octanol–water partition coefficient (Wildman–Crippen LogP) is 3.51. The molecule has 0 aromatic heterocycles. The standard InChI is InChI=1S/C16H21NO2/c1-12-9-14(11-17)10-13(2)16(12)19-8-4-6-15-5-3-7-18-15/h9-10,15H,3-8H2,1-2H3. The zero-order valence-electron chi connectivity index (χ0n) is 11.7. The largest absolute Gasteiger partial charge is 0.493 e. The van der Waals surface area contributed by atoms with Crippen molar-refractivity contribution in [2.24, 2.45) is 0 Å². The van der Waals surface area contributed by atoms with E-state index in [0.29, 0.717) is 18.3 Å². The number of hydrogen-bond donors (Lipinski definition) is 0. The molecule has 0 aliphatic carbocycles. The molecule has 3 heteroatoms. The van der Waals surface area contributed by atoms with Crippen LogP contribution in [0.4, 0.5) is 0 Å². The van der Waals surface area contributed by atoms with Crippen LogP contribution in [-0.4, -0.2) is 19.3 Å². The first-order chi connectivity index (χ1) is 9.20. The molecule has 1 aliphatic heterocycles. The summed E-state index contributed by atoms with van der Waals surface area (Å²) in [5.41, 5.74) is 2.77. The van der Waals surface area contributed by atoms with Gasteiger partial charge in [-0.2, -0.15) is 5.26 Å². The fraction of sp³-hybridized carbons (Fsp3) is 0.562. The second-order valence-electron chi connectivity index (χ2n) is 5.18. The molecule has 1 unspecified atom stereocenters. The molecule has 3 nitrogen and oxygen atoms in total. The number of hydrogen-bond acceptors (Lipinski definition) is 3. The van der Waals surface area contributed by atoms with E-state index >= 15 is 0 Å². The lowest BCUT2D eigenvalue weighted by Gasteiger charge is -2.14. The van der Waals surface area contributed by atoms with E-state index in [1.54, 1.807) is 0 Å². The molecule has 0 spiro atoms. The zero-order valence-corrected chi connectivity index (χ0v) is 11.7. The van der Waals surface area contributed by atoms with Crippen molar-refractivity contribution in [1.29, 1.82) is 5.26 Å². The van der Waals surface area contributed by atoms with E-state index < -0.39 is 0 Å². The Morgan fingerprint density at radius 2 is 2.11 bits per heavy atom. The molecule has 1 saturated heterocycles. The number of nitriles is 1. The summed E-state index contributed by atoms with van der Waals surface area (Å²) in [4.78, 5) is 0. The van der Waals surface area contributed by atoms with Crippen LogP contribution in [0.3, 0.4) is 0 Å². The molecule has 0 N–H and O–H groups in total. The minimum atomic E-state index is 0.437. The highest BCUT2D eigenvalue weighted by molar-refractivity contribution is 5.47. The van der Waals surface area contributed by atoms with Crippen LogP contribution in [0.15, 0.2) is 12.1 Å². The fourth-order valence-electron chi connectivity index (χ4n) is 2.60. The molecule has 0 amide bonds. The SMILES string of the molecule is Cc1cc(C#N)cc(C)c1OCCCC1CCCO1. The molecule has 0 saturated carbocycles. The van der Waals surface area contributed by atoms with Crippen molar-refractivity contribution >= 4 is 0 Å². The van der Waals surface area contributed by atoms with Gasteiger partial charge in [0.2, 0.25) is 0 Å². The van der Waals surface area contributed by atoms with Crippen LogP contribution >= 0.6 is 0 Å². The minimum Gasteiger partial charge on any atom is -0.493 e. The lowest BCUT2D eigenvalue weighted by atomic mass is 10.1. The predicted molar refractivity (Wildman–Crippen MR) is 74.3 cm³/mol. The number of benzene rings is 1. The summed E-state index contributed by atoms with van der Waals surface area (Å²) in [5.74, 6) is 0.923.